The average Bonchev–Trinajstić information content (AvgIpc) is 2.93. The third kappa shape index (κ3) is 3.73. The van der Waals surface area contributed by atoms with Crippen LogP contribution in [0.25, 0.3) is 10.2 Å². The third-order valence-electron chi connectivity index (χ3n) is 4.71. The van der Waals surface area contributed by atoms with Gasteiger partial charge in [-0.1, -0.05) is 42.1 Å². The molecule has 0 fully saturated rings. The van der Waals surface area contributed by atoms with Gasteiger partial charge in [-0.15, -0.1) is 11.3 Å². The number of aryl methyl sites for hydroxylation is 2. The van der Waals surface area contributed by atoms with Crippen LogP contribution in [0.5, 0.6) is 0 Å². The molecular formula is C21H25N3O2S2. The Bertz CT molecular complexity index is 1070. The van der Waals surface area contributed by atoms with E-state index in [-0.39, 0.29) is 17.5 Å². The molecule has 1 amide bonds. The zero-order chi connectivity index (χ0) is 20.6. The van der Waals surface area contributed by atoms with Crippen LogP contribution in [0.4, 0.5) is 0 Å². The minimum absolute atomic E-state index is 0.0283. The summed E-state index contributed by atoms with van der Waals surface area (Å²) in [6.07, 6.45) is 0. The van der Waals surface area contributed by atoms with Crippen LogP contribution < -0.4 is 5.56 Å². The molecule has 1 aromatic carbocycles. The van der Waals surface area contributed by atoms with Crippen LogP contribution in [0.3, 0.4) is 0 Å². The smallest absolute Gasteiger partial charge is 0.263 e. The van der Waals surface area contributed by atoms with E-state index < -0.39 is 5.25 Å². The first-order valence-corrected chi connectivity index (χ1v) is 10.9. The predicted molar refractivity (Wildman–Crippen MR) is 117 cm³/mol. The number of fused-ring (bicyclic) bond motifs is 1. The summed E-state index contributed by atoms with van der Waals surface area (Å²) in [5.74, 6) is -0.0283. The predicted octanol–water partition coefficient (Wildman–Crippen LogP) is 4.58. The van der Waals surface area contributed by atoms with Crippen molar-refractivity contribution in [3.8, 4) is 0 Å². The van der Waals surface area contributed by atoms with Gasteiger partial charge in [-0.3, -0.25) is 14.2 Å². The summed E-state index contributed by atoms with van der Waals surface area (Å²) >= 11 is 2.88. The van der Waals surface area contributed by atoms with Gasteiger partial charge in [-0.2, -0.15) is 0 Å². The van der Waals surface area contributed by atoms with Crippen molar-refractivity contribution in [2.24, 2.45) is 0 Å². The molecule has 0 saturated heterocycles. The first-order valence-electron chi connectivity index (χ1n) is 9.17. The summed E-state index contributed by atoms with van der Waals surface area (Å²) in [5, 5.41) is 0.807. The Hall–Kier alpha value is -2.12. The van der Waals surface area contributed by atoms with Crippen molar-refractivity contribution in [3.05, 3.63) is 56.7 Å². The van der Waals surface area contributed by atoms with E-state index in [2.05, 4.69) is 0 Å². The van der Waals surface area contributed by atoms with Crippen LogP contribution >= 0.6 is 23.1 Å². The van der Waals surface area contributed by atoms with E-state index in [0.717, 1.165) is 20.8 Å². The number of carbonyl (C=O) groups excluding carboxylic acids is 1. The van der Waals surface area contributed by atoms with Crippen molar-refractivity contribution < 1.29 is 4.79 Å². The van der Waals surface area contributed by atoms with Crippen molar-refractivity contribution in [3.63, 3.8) is 0 Å². The fraction of sp³-hybridized carbons (Fsp3) is 0.381. The summed E-state index contributed by atoms with van der Waals surface area (Å²) in [7, 11) is 3.49. The van der Waals surface area contributed by atoms with E-state index >= 15 is 0 Å². The van der Waals surface area contributed by atoms with E-state index in [1.165, 1.54) is 23.1 Å². The molecule has 5 nitrogen and oxygen atoms in total. The number of carbonyl (C=O) groups is 1. The van der Waals surface area contributed by atoms with Gasteiger partial charge in [0.25, 0.3) is 5.56 Å². The van der Waals surface area contributed by atoms with E-state index in [1.807, 2.05) is 58.0 Å². The number of nitrogens with zero attached hydrogens (tertiary/aromatic N) is 3. The maximum atomic E-state index is 13.3. The molecule has 1 atom stereocenters. The molecule has 3 rings (SSSR count). The first kappa shape index (κ1) is 20.6. The van der Waals surface area contributed by atoms with Crippen LogP contribution in [0, 0.1) is 13.8 Å². The van der Waals surface area contributed by atoms with Crippen LogP contribution in [0.15, 0.2) is 40.3 Å². The molecule has 0 N–H and O–H groups in total. The zero-order valence-electron chi connectivity index (χ0n) is 17.0. The Morgan fingerprint density at radius 1 is 1.18 bits per heavy atom. The number of thiophene rings is 1. The standard InChI is InChI=1S/C21H25N3O2S2/c1-12(2)24-19(25)16-13(3)14(4)27-18(16)22-21(24)28-17(20(26)23(5)6)15-10-8-7-9-11-15/h7-12,17H,1-6H3/t17-/m1/s1. The first-order chi connectivity index (χ1) is 13.2. The molecule has 2 aromatic heterocycles. The Morgan fingerprint density at radius 2 is 1.82 bits per heavy atom. The number of hydrogen-bond acceptors (Lipinski definition) is 5. The Morgan fingerprint density at radius 3 is 2.39 bits per heavy atom. The monoisotopic (exact) mass is 415 g/mol. The van der Waals surface area contributed by atoms with E-state index in [9.17, 15) is 9.59 Å². The highest BCUT2D eigenvalue weighted by atomic mass is 32.2. The fourth-order valence-corrected chi connectivity index (χ4v) is 5.50. The lowest BCUT2D eigenvalue weighted by atomic mass is 10.1. The lowest BCUT2D eigenvalue weighted by Crippen LogP contribution is -2.29. The summed E-state index contributed by atoms with van der Waals surface area (Å²) in [6, 6.07) is 9.59. The quantitative estimate of drug-likeness (QED) is 0.452. The second-order valence-corrected chi connectivity index (χ2v) is 9.54. The van der Waals surface area contributed by atoms with Crippen LogP contribution in [-0.4, -0.2) is 34.5 Å². The molecule has 0 saturated carbocycles. The summed E-state index contributed by atoms with van der Waals surface area (Å²) in [6.45, 7) is 7.92. The fourth-order valence-electron chi connectivity index (χ4n) is 3.05. The topological polar surface area (TPSA) is 55.2 Å². The summed E-state index contributed by atoms with van der Waals surface area (Å²) in [5.41, 5.74) is 1.86. The minimum Gasteiger partial charge on any atom is -0.348 e. The number of aromatic nitrogens is 2. The molecule has 0 aliphatic heterocycles. The summed E-state index contributed by atoms with van der Waals surface area (Å²) in [4.78, 5) is 34.4. The molecule has 3 aromatic rings. The van der Waals surface area contributed by atoms with Gasteiger partial charge >= 0.3 is 0 Å². The third-order valence-corrected chi connectivity index (χ3v) is 7.02. The van der Waals surface area contributed by atoms with Gasteiger partial charge in [0.05, 0.1) is 5.39 Å². The summed E-state index contributed by atoms with van der Waals surface area (Å²) < 4.78 is 1.71. The van der Waals surface area contributed by atoms with Gasteiger partial charge in [0.15, 0.2) is 5.16 Å². The highest BCUT2D eigenvalue weighted by Gasteiger charge is 2.27. The van der Waals surface area contributed by atoms with Crippen LogP contribution in [-0.2, 0) is 4.79 Å². The van der Waals surface area contributed by atoms with Crippen molar-refractivity contribution in [1.29, 1.82) is 0 Å². The lowest BCUT2D eigenvalue weighted by Gasteiger charge is -2.22. The number of amides is 1. The van der Waals surface area contributed by atoms with Gasteiger partial charge in [-0.25, -0.2) is 4.98 Å². The normalized spacial score (nSPS) is 12.5. The Labute approximate surface area is 173 Å². The van der Waals surface area contributed by atoms with Gasteiger partial charge in [-0.05, 0) is 38.8 Å². The van der Waals surface area contributed by atoms with Gasteiger partial charge in [0.1, 0.15) is 10.1 Å². The second kappa shape index (κ2) is 8.09. The van der Waals surface area contributed by atoms with Crippen LogP contribution in [0.1, 0.15) is 41.1 Å². The number of benzene rings is 1. The molecule has 0 aliphatic rings. The zero-order valence-corrected chi connectivity index (χ0v) is 18.6. The van der Waals surface area contributed by atoms with Crippen molar-refractivity contribution in [2.75, 3.05) is 14.1 Å². The van der Waals surface area contributed by atoms with E-state index in [0.29, 0.717) is 10.5 Å². The molecule has 28 heavy (non-hydrogen) atoms. The molecule has 0 bridgehead atoms. The molecular weight excluding hydrogens is 390 g/mol. The lowest BCUT2D eigenvalue weighted by molar-refractivity contribution is -0.128. The highest BCUT2D eigenvalue weighted by molar-refractivity contribution is 8.00. The van der Waals surface area contributed by atoms with E-state index in [4.69, 9.17) is 4.98 Å². The largest absolute Gasteiger partial charge is 0.348 e. The van der Waals surface area contributed by atoms with Crippen molar-refractivity contribution in [1.82, 2.24) is 14.5 Å². The SMILES string of the molecule is Cc1sc2nc(S[C@@H](C(=O)N(C)C)c3ccccc3)n(C(C)C)c(=O)c2c1C. The number of hydrogen-bond donors (Lipinski definition) is 0. The maximum Gasteiger partial charge on any atom is 0.263 e. The second-order valence-electron chi connectivity index (χ2n) is 7.27. The molecule has 0 aliphatic carbocycles. The van der Waals surface area contributed by atoms with Crippen LogP contribution in [0.2, 0.25) is 0 Å². The Kier molecular flexibility index (Phi) is 5.95. The molecule has 0 radical (unpaired) electrons. The number of likely N-dealkylation sites (N-methyl/N-ethyl adjacent to an activating group) is 1. The Balaban J connectivity index is 2.19. The molecule has 0 spiro atoms. The molecule has 2 heterocycles. The number of rotatable bonds is 5. The molecule has 148 valence electrons. The van der Waals surface area contributed by atoms with Crippen molar-refractivity contribution in [2.45, 2.75) is 44.1 Å². The average molecular weight is 416 g/mol. The van der Waals surface area contributed by atoms with Gasteiger partial charge in [0.2, 0.25) is 5.91 Å². The van der Waals surface area contributed by atoms with E-state index in [1.54, 1.807) is 23.6 Å². The molecule has 0 unspecified atom stereocenters. The molecule has 7 heteroatoms. The minimum atomic E-state index is -0.465. The van der Waals surface area contributed by atoms with Gasteiger partial charge in [0, 0.05) is 25.0 Å². The number of thioether (sulfide) groups is 1. The highest BCUT2D eigenvalue weighted by Crippen LogP contribution is 2.37. The maximum absolute atomic E-state index is 13.3. The van der Waals surface area contributed by atoms with Gasteiger partial charge < -0.3 is 4.90 Å². The van der Waals surface area contributed by atoms with Crippen molar-refractivity contribution >= 4 is 39.2 Å².